The Kier molecular flexibility index (Phi) is 4.12. The maximum Gasteiger partial charge on any atom is 0.251 e. The zero-order chi connectivity index (χ0) is 18.1. The number of nitrogens with zero attached hydrogens (tertiary/aromatic N) is 1. The van der Waals surface area contributed by atoms with Crippen molar-refractivity contribution in [1.82, 2.24) is 5.32 Å². The molecule has 0 saturated carbocycles. The summed E-state index contributed by atoms with van der Waals surface area (Å²) >= 11 is 0. The maximum atomic E-state index is 12.5. The zero-order valence-corrected chi connectivity index (χ0v) is 14.4. The molecule has 0 aliphatic carbocycles. The molecule has 7 nitrogen and oxygen atoms in total. The van der Waals surface area contributed by atoms with Gasteiger partial charge in [-0.1, -0.05) is 6.07 Å². The molecule has 0 atom stereocenters. The van der Waals surface area contributed by atoms with Crippen LogP contribution in [0.2, 0.25) is 0 Å². The van der Waals surface area contributed by atoms with Crippen LogP contribution in [-0.4, -0.2) is 32.2 Å². The van der Waals surface area contributed by atoms with Crippen molar-refractivity contribution in [2.75, 3.05) is 30.6 Å². The number of rotatable bonds is 3. The van der Waals surface area contributed by atoms with E-state index in [1.54, 1.807) is 12.1 Å². The van der Waals surface area contributed by atoms with Crippen molar-refractivity contribution in [1.29, 1.82) is 0 Å². The van der Waals surface area contributed by atoms with Gasteiger partial charge in [-0.2, -0.15) is 0 Å². The van der Waals surface area contributed by atoms with Crippen LogP contribution in [0, 0.1) is 0 Å². The van der Waals surface area contributed by atoms with Crippen molar-refractivity contribution in [2.45, 2.75) is 13.0 Å². The molecule has 26 heavy (non-hydrogen) atoms. The summed E-state index contributed by atoms with van der Waals surface area (Å²) in [7, 11) is 1.93. The van der Waals surface area contributed by atoms with Crippen LogP contribution in [0.1, 0.15) is 22.3 Å². The van der Waals surface area contributed by atoms with Gasteiger partial charge in [-0.25, -0.2) is 0 Å². The topological polar surface area (TPSA) is 79.9 Å². The number of nitrogens with one attached hydrogen (secondary N) is 2. The van der Waals surface area contributed by atoms with E-state index in [4.69, 9.17) is 9.47 Å². The SMILES string of the molecule is CN1CCC(=O)Nc2cc(C(=O)NCc3ccc4c(c3)OCO4)ccc21. The largest absolute Gasteiger partial charge is 0.454 e. The lowest BCUT2D eigenvalue weighted by Gasteiger charge is -2.18. The van der Waals surface area contributed by atoms with E-state index in [-0.39, 0.29) is 18.6 Å². The molecule has 4 rings (SSSR count). The number of carbonyl (C=O) groups is 2. The molecule has 0 unspecified atom stereocenters. The van der Waals surface area contributed by atoms with E-state index in [1.165, 1.54) is 0 Å². The molecule has 2 aliphatic rings. The molecule has 0 spiro atoms. The van der Waals surface area contributed by atoms with Gasteiger partial charge in [-0.05, 0) is 35.9 Å². The molecule has 2 amide bonds. The molecule has 134 valence electrons. The number of benzene rings is 2. The lowest BCUT2D eigenvalue weighted by Crippen LogP contribution is -2.23. The van der Waals surface area contributed by atoms with Gasteiger partial charge >= 0.3 is 0 Å². The fourth-order valence-corrected chi connectivity index (χ4v) is 3.05. The smallest absolute Gasteiger partial charge is 0.251 e. The van der Waals surface area contributed by atoms with E-state index < -0.39 is 0 Å². The van der Waals surface area contributed by atoms with Crippen molar-refractivity contribution in [3.63, 3.8) is 0 Å². The summed E-state index contributed by atoms with van der Waals surface area (Å²) in [6, 6.07) is 10.9. The minimum atomic E-state index is -0.202. The summed E-state index contributed by atoms with van der Waals surface area (Å²) in [5.41, 5.74) is 2.99. The highest BCUT2D eigenvalue weighted by Crippen LogP contribution is 2.32. The number of carbonyl (C=O) groups excluding carboxylic acids is 2. The first-order valence-corrected chi connectivity index (χ1v) is 8.42. The second-order valence-electron chi connectivity index (χ2n) is 6.32. The van der Waals surface area contributed by atoms with Gasteiger partial charge in [-0.3, -0.25) is 9.59 Å². The lowest BCUT2D eigenvalue weighted by atomic mass is 10.1. The van der Waals surface area contributed by atoms with E-state index in [0.717, 1.165) is 11.3 Å². The Morgan fingerprint density at radius 2 is 2.04 bits per heavy atom. The van der Waals surface area contributed by atoms with E-state index in [0.29, 0.717) is 42.3 Å². The number of ether oxygens (including phenoxy) is 2. The highest BCUT2D eigenvalue weighted by molar-refractivity contribution is 6.00. The van der Waals surface area contributed by atoms with Gasteiger partial charge in [0.2, 0.25) is 12.7 Å². The Hall–Kier alpha value is -3.22. The predicted octanol–water partition coefficient (Wildman–Crippen LogP) is 2.12. The number of hydrogen-bond donors (Lipinski definition) is 2. The Morgan fingerprint density at radius 3 is 2.92 bits per heavy atom. The zero-order valence-electron chi connectivity index (χ0n) is 14.4. The Labute approximate surface area is 150 Å². The molecule has 2 N–H and O–H groups in total. The highest BCUT2D eigenvalue weighted by atomic mass is 16.7. The van der Waals surface area contributed by atoms with Crippen molar-refractivity contribution < 1.29 is 19.1 Å². The van der Waals surface area contributed by atoms with E-state index >= 15 is 0 Å². The average Bonchev–Trinajstić information content (AvgIpc) is 3.06. The summed E-state index contributed by atoms with van der Waals surface area (Å²) in [6.07, 6.45) is 0.427. The quantitative estimate of drug-likeness (QED) is 0.884. The number of amides is 2. The van der Waals surface area contributed by atoms with Crippen LogP contribution in [0.5, 0.6) is 11.5 Å². The third kappa shape index (κ3) is 3.15. The highest BCUT2D eigenvalue weighted by Gasteiger charge is 2.18. The lowest BCUT2D eigenvalue weighted by molar-refractivity contribution is -0.115. The first kappa shape index (κ1) is 16.3. The molecule has 2 aromatic rings. The van der Waals surface area contributed by atoms with Crippen LogP contribution < -0.4 is 25.0 Å². The van der Waals surface area contributed by atoms with Crippen molar-refractivity contribution in [3.8, 4) is 11.5 Å². The molecule has 2 aromatic carbocycles. The molecule has 2 aliphatic heterocycles. The van der Waals surface area contributed by atoms with Gasteiger partial charge in [0.1, 0.15) is 0 Å². The maximum absolute atomic E-state index is 12.5. The van der Waals surface area contributed by atoms with Gasteiger partial charge in [0.25, 0.3) is 5.91 Å². The molecular formula is C19H19N3O4. The first-order valence-electron chi connectivity index (χ1n) is 8.42. The molecule has 0 aromatic heterocycles. The molecule has 0 bridgehead atoms. The number of hydrogen-bond acceptors (Lipinski definition) is 5. The van der Waals surface area contributed by atoms with Crippen LogP contribution in [0.15, 0.2) is 36.4 Å². The minimum Gasteiger partial charge on any atom is -0.454 e. The van der Waals surface area contributed by atoms with Crippen molar-refractivity contribution >= 4 is 23.2 Å². The van der Waals surface area contributed by atoms with Gasteiger partial charge in [0.15, 0.2) is 11.5 Å². The number of anilines is 2. The minimum absolute atomic E-state index is 0.0477. The third-order valence-electron chi connectivity index (χ3n) is 4.51. The standard InChI is InChI=1S/C19H19N3O4/c1-22-7-6-18(23)21-14-9-13(3-4-15(14)22)19(24)20-10-12-2-5-16-17(8-12)26-11-25-16/h2-5,8-9H,6-7,10-11H2,1H3,(H,20,24)(H,21,23). The third-order valence-corrected chi connectivity index (χ3v) is 4.51. The predicted molar refractivity (Wildman–Crippen MR) is 96.7 cm³/mol. The summed E-state index contributed by atoms with van der Waals surface area (Å²) in [6.45, 7) is 1.24. The molecule has 7 heteroatoms. The van der Waals surface area contributed by atoms with Crippen LogP contribution in [0.3, 0.4) is 0 Å². The summed E-state index contributed by atoms with van der Waals surface area (Å²) in [5, 5.41) is 5.75. The Bertz CT molecular complexity index is 881. The van der Waals surface area contributed by atoms with Gasteiger partial charge in [-0.15, -0.1) is 0 Å². The summed E-state index contributed by atoms with van der Waals surface area (Å²) < 4.78 is 10.6. The monoisotopic (exact) mass is 353 g/mol. The van der Waals surface area contributed by atoms with Crippen LogP contribution >= 0.6 is 0 Å². The number of fused-ring (bicyclic) bond motifs is 2. The van der Waals surface area contributed by atoms with Crippen LogP contribution in [0.25, 0.3) is 0 Å². The molecule has 2 heterocycles. The Morgan fingerprint density at radius 1 is 1.19 bits per heavy atom. The molecular weight excluding hydrogens is 334 g/mol. The normalized spacial score (nSPS) is 15.1. The fraction of sp³-hybridized carbons (Fsp3) is 0.263. The van der Waals surface area contributed by atoms with Gasteiger partial charge < -0.3 is 25.0 Å². The van der Waals surface area contributed by atoms with Gasteiger partial charge in [0.05, 0.1) is 11.4 Å². The van der Waals surface area contributed by atoms with Crippen molar-refractivity contribution in [3.05, 3.63) is 47.5 Å². The van der Waals surface area contributed by atoms with E-state index in [2.05, 4.69) is 10.6 Å². The summed E-state index contributed by atoms with van der Waals surface area (Å²) in [4.78, 5) is 26.3. The van der Waals surface area contributed by atoms with Crippen LogP contribution in [0.4, 0.5) is 11.4 Å². The van der Waals surface area contributed by atoms with E-state index in [9.17, 15) is 9.59 Å². The summed E-state index contributed by atoms with van der Waals surface area (Å²) in [5.74, 6) is 1.15. The van der Waals surface area contributed by atoms with Crippen molar-refractivity contribution in [2.24, 2.45) is 0 Å². The van der Waals surface area contributed by atoms with Gasteiger partial charge in [0, 0.05) is 32.1 Å². The molecule has 0 radical (unpaired) electrons. The van der Waals surface area contributed by atoms with E-state index in [1.807, 2.05) is 36.2 Å². The second-order valence-corrected chi connectivity index (χ2v) is 6.32. The Balaban J connectivity index is 1.47. The average molecular weight is 353 g/mol. The fourth-order valence-electron chi connectivity index (χ4n) is 3.05. The molecule has 0 fully saturated rings. The second kappa shape index (κ2) is 6.59. The van der Waals surface area contributed by atoms with Crippen LogP contribution in [-0.2, 0) is 11.3 Å². The molecule has 0 saturated heterocycles. The first-order chi connectivity index (χ1) is 12.6.